The Hall–Kier alpha value is -2.87. The fourth-order valence-electron chi connectivity index (χ4n) is 1.41. The molecule has 1 aromatic heterocycles. The van der Waals surface area contributed by atoms with Gasteiger partial charge in [0, 0.05) is 5.69 Å². The third-order valence-corrected chi connectivity index (χ3v) is 2.27. The molecule has 0 spiro atoms. The van der Waals surface area contributed by atoms with Gasteiger partial charge in [-0.15, -0.1) is 0 Å². The molecule has 2 rings (SSSR count). The van der Waals surface area contributed by atoms with E-state index in [1.807, 2.05) is 6.07 Å². The maximum absolute atomic E-state index is 10.7. The van der Waals surface area contributed by atoms with E-state index in [4.69, 9.17) is 10.4 Å². The van der Waals surface area contributed by atoms with Crippen molar-refractivity contribution in [2.75, 3.05) is 5.32 Å². The second-order valence-corrected chi connectivity index (χ2v) is 3.53. The molecular formula is C13H9N3O2. The smallest absolute Gasteiger partial charge is 0.335 e. The SMILES string of the molecule is N#Cc1cccc(Nc2ccc(C(=O)O)cc2)n1. The number of nitrogens with one attached hydrogen (secondary N) is 1. The predicted molar refractivity (Wildman–Crippen MR) is 65.6 cm³/mol. The molecule has 0 fully saturated rings. The molecule has 0 atom stereocenters. The number of aromatic carboxylic acids is 1. The highest BCUT2D eigenvalue weighted by Crippen LogP contribution is 2.15. The van der Waals surface area contributed by atoms with Gasteiger partial charge in [0.1, 0.15) is 17.6 Å². The van der Waals surface area contributed by atoms with E-state index < -0.39 is 5.97 Å². The molecule has 0 saturated carbocycles. The molecule has 18 heavy (non-hydrogen) atoms. The first kappa shape index (κ1) is 11.6. The van der Waals surface area contributed by atoms with Crippen LogP contribution in [0.25, 0.3) is 0 Å². The molecule has 0 saturated heterocycles. The van der Waals surface area contributed by atoms with Crippen LogP contribution in [-0.2, 0) is 0 Å². The minimum atomic E-state index is -0.967. The van der Waals surface area contributed by atoms with Gasteiger partial charge in [-0.3, -0.25) is 0 Å². The summed E-state index contributed by atoms with van der Waals surface area (Å²) in [5.41, 5.74) is 1.25. The number of anilines is 2. The van der Waals surface area contributed by atoms with E-state index in [1.54, 1.807) is 30.3 Å². The van der Waals surface area contributed by atoms with Crippen molar-refractivity contribution in [1.29, 1.82) is 5.26 Å². The van der Waals surface area contributed by atoms with Crippen LogP contribution in [0.15, 0.2) is 42.5 Å². The quantitative estimate of drug-likeness (QED) is 0.858. The first-order valence-electron chi connectivity index (χ1n) is 5.16. The summed E-state index contributed by atoms with van der Waals surface area (Å²) in [4.78, 5) is 14.7. The number of carboxylic acids is 1. The monoisotopic (exact) mass is 239 g/mol. The van der Waals surface area contributed by atoms with Crippen molar-refractivity contribution in [2.45, 2.75) is 0 Å². The first-order chi connectivity index (χ1) is 8.69. The normalized spacial score (nSPS) is 9.50. The zero-order valence-corrected chi connectivity index (χ0v) is 9.29. The van der Waals surface area contributed by atoms with E-state index in [0.29, 0.717) is 17.2 Å². The topological polar surface area (TPSA) is 86.0 Å². The van der Waals surface area contributed by atoms with Crippen LogP contribution >= 0.6 is 0 Å². The van der Waals surface area contributed by atoms with Crippen LogP contribution in [0.3, 0.4) is 0 Å². The molecular weight excluding hydrogens is 230 g/mol. The van der Waals surface area contributed by atoms with E-state index in [1.165, 1.54) is 12.1 Å². The van der Waals surface area contributed by atoms with Gasteiger partial charge in [0.25, 0.3) is 0 Å². The Bertz CT molecular complexity index is 615. The highest BCUT2D eigenvalue weighted by molar-refractivity contribution is 5.88. The van der Waals surface area contributed by atoms with Gasteiger partial charge in [0.05, 0.1) is 5.56 Å². The average Bonchev–Trinajstić information content (AvgIpc) is 2.39. The lowest BCUT2D eigenvalue weighted by molar-refractivity contribution is 0.0697. The van der Waals surface area contributed by atoms with Gasteiger partial charge >= 0.3 is 5.97 Å². The second kappa shape index (κ2) is 4.97. The van der Waals surface area contributed by atoms with E-state index >= 15 is 0 Å². The fourth-order valence-corrected chi connectivity index (χ4v) is 1.41. The third-order valence-electron chi connectivity index (χ3n) is 2.27. The average molecular weight is 239 g/mol. The number of nitriles is 1. The molecule has 88 valence electrons. The number of rotatable bonds is 3. The second-order valence-electron chi connectivity index (χ2n) is 3.53. The van der Waals surface area contributed by atoms with E-state index in [9.17, 15) is 4.79 Å². The van der Waals surface area contributed by atoms with Gasteiger partial charge in [0.2, 0.25) is 0 Å². The molecule has 0 amide bonds. The highest BCUT2D eigenvalue weighted by Gasteiger charge is 2.02. The summed E-state index contributed by atoms with van der Waals surface area (Å²) in [6, 6.07) is 13.3. The van der Waals surface area contributed by atoms with Crippen LogP contribution in [0.1, 0.15) is 16.1 Å². The number of hydrogen-bond donors (Lipinski definition) is 2. The van der Waals surface area contributed by atoms with Gasteiger partial charge in [0.15, 0.2) is 0 Å². The maximum atomic E-state index is 10.7. The Morgan fingerprint density at radius 1 is 1.22 bits per heavy atom. The molecule has 0 aliphatic carbocycles. The van der Waals surface area contributed by atoms with Gasteiger partial charge in [-0.25, -0.2) is 9.78 Å². The maximum Gasteiger partial charge on any atom is 0.335 e. The molecule has 0 unspecified atom stereocenters. The van der Waals surface area contributed by atoms with Crippen molar-refractivity contribution in [1.82, 2.24) is 4.98 Å². The van der Waals surface area contributed by atoms with Gasteiger partial charge in [-0.05, 0) is 36.4 Å². The zero-order chi connectivity index (χ0) is 13.0. The van der Waals surface area contributed by atoms with Crippen LogP contribution in [0.5, 0.6) is 0 Å². The molecule has 5 heteroatoms. The van der Waals surface area contributed by atoms with E-state index in [-0.39, 0.29) is 5.56 Å². The highest BCUT2D eigenvalue weighted by atomic mass is 16.4. The molecule has 0 radical (unpaired) electrons. The van der Waals surface area contributed by atoms with Crippen molar-refractivity contribution in [3.05, 3.63) is 53.7 Å². The minimum Gasteiger partial charge on any atom is -0.478 e. The molecule has 5 nitrogen and oxygen atoms in total. The van der Waals surface area contributed by atoms with Crippen LogP contribution < -0.4 is 5.32 Å². The molecule has 2 aromatic rings. The van der Waals surface area contributed by atoms with Crippen LogP contribution in [-0.4, -0.2) is 16.1 Å². The summed E-state index contributed by atoms with van der Waals surface area (Å²) in [6.45, 7) is 0. The molecule has 0 aliphatic rings. The number of pyridine rings is 1. The van der Waals surface area contributed by atoms with Crippen LogP contribution in [0, 0.1) is 11.3 Å². The Kier molecular flexibility index (Phi) is 3.21. The van der Waals surface area contributed by atoms with E-state index in [0.717, 1.165) is 0 Å². The zero-order valence-electron chi connectivity index (χ0n) is 9.29. The van der Waals surface area contributed by atoms with Crippen LogP contribution in [0.4, 0.5) is 11.5 Å². The summed E-state index contributed by atoms with van der Waals surface area (Å²) >= 11 is 0. The molecule has 0 bridgehead atoms. The van der Waals surface area contributed by atoms with Crippen LogP contribution in [0.2, 0.25) is 0 Å². The van der Waals surface area contributed by atoms with Crippen molar-refractivity contribution in [3.8, 4) is 6.07 Å². The lowest BCUT2D eigenvalue weighted by atomic mass is 10.2. The Morgan fingerprint density at radius 3 is 2.56 bits per heavy atom. The number of aromatic nitrogens is 1. The number of hydrogen-bond acceptors (Lipinski definition) is 4. The molecule has 2 N–H and O–H groups in total. The fraction of sp³-hybridized carbons (Fsp3) is 0. The van der Waals surface area contributed by atoms with Crippen molar-refractivity contribution in [3.63, 3.8) is 0 Å². The summed E-state index contributed by atoms with van der Waals surface area (Å²) in [5.74, 6) is -0.428. The predicted octanol–water partition coefficient (Wildman–Crippen LogP) is 2.40. The third kappa shape index (κ3) is 2.62. The largest absolute Gasteiger partial charge is 0.478 e. The summed E-state index contributed by atoms with van der Waals surface area (Å²) in [7, 11) is 0. The Balaban J connectivity index is 2.18. The van der Waals surface area contributed by atoms with Crippen molar-refractivity contribution in [2.24, 2.45) is 0 Å². The number of carboxylic acid groups (broad SMARTS) is 1. The standard InChI is InChI=1S/C13H9N3O2/c14-8-11-2-1-3-12(16-11)15-10-6-4-9(5-7-10)13(17)18/h1-7H,(H,15,16)(H,17,18). The van der Waals surface area contributed by atoms with Gasteiger partial charge < -0.3 is 10.4 Å². The van der Waals surface area contributed by atoms with Crippen molar-refractivity contribution < 1.29 is 9.90 Å². The lowest BCUT2D eigenvalue weighted by Crippen LogP contribution is -1.98. The molecule has 1 aromatic carbocycles. The first-order valence-corrected chi connectivity index (χ1v) is 5.16. The lowest BCUT2D eigenvalue weighted by Gasteiger charge is -2.05. The molecule has 1 heterocycles. The summed E-state index contributed by atoms with van der Waals surface area (Å²) < 4.78 is 0. The Labute approximate surface area is 103 Å². The van der Waals surface area contributed by atoms with Crippen molar-refractivity contribution >= 4 is 17.5 Å². The summed E-state index contributed by atoms with van der Waals surface area (Å²) in [5, 5.41) is 20.5. The summed E-state index contributed by atoms with van der Waals surface area (Å²) in [6.07, 6.45) is 0. The number of carbonyl (C=O) groups is 1. The minimum absolute atomic E-state index is 0.222. The Morgan fingerprint density at radius 2 is 1.94 bits per heavy atom. The van der Waals surface area contributed by atoms with Gasteiger partial charge in [-0.2, -0.15) is 5.26 Å². The molecule has 0 aliphatic heterocycles. The van der Waals surface area contributed by atoms with E-state index in [2.05, 4.69) is 10.3 Å². The number of benzene rings is 1. The number of nitrogens with zero attached hydrogens (tertiary/aromatic N) is 2. The van der Waals surface area contributed by atoms with Gasteiger partial charge in [-0.1, -0.05) is 6.07 Å².